The highest BCUT2D eigenvalue weighted by Gasteiger charge is 2.39. The molecule has 0 fully saturated rings. The van der Waals surface area contributed by atoms with Gasteiger partial charge in [0.25, 0.3) is 0 Å². The third-order valence-electron chi connectivity index (χ3n) is 3.21. The van der Waals surface area contributed by atoms with E-state index in [1.165, 1.54) is 6.07 Å². The predicted molar refractivity (Wildman–Crippen MR) is 80.3 cm³/mol. The van der Waals surface area contributed by atoms with Gasteiger partial charge < -0.3 is 15.2 Å². The number of urea groups is 1. The number of phenolic OH excluding ortho intramolecular Hbond substituents is 1. The Kier molecular flexibility index (Phi) is 4.62. The van der Waals surface area contributed by atoms with Crippen LogP contribution in [-0.4, -0.2) is 29.4 Å². The number of halogens is 1. The lowest BCUT2D eigenvalue weighted by Crippen LogP contribution is -2.44. The van der Waals surface area contributed by atoms with Gasteiger partial charge in [0, 0.05) is 15.7 Å². The summed E-state index contributed by atoms with van der Waals surface area (Å²) in [5.74, 6) is -1.25. The summed E-state index contributed by atoms with van der Waals surface area (Å²) in [4.78, 5) is 27.6. The van der Waals surface area contributed by atoms with E-state index in [0.717, 1.165) is 4.47 Å². The molecule has 1 aromatic carbocycles. The minimum atomic E-state index is -0.761. The first-order valence-corrected chi connectivity index (χ1v) is 7.24. The fourth-order valence-electron chi connectivity index (χ4n) is 2.29. The van der Waals surface area contributed by atoms with Crippen LogP contribution in [0.15, 0.2) is 27.7 Å². The largest absolute Gasteiger partial charge is 0.508 e. The fourth-order valence-corrected chi connectivity index (χ4v) is 2.67. The van der Waals surface area contributed by atoms with Crippen LogP contribution in [0.4, 0.5) is 4.79 Å². The lowest BCUT2D eigenvalue weighted by Gasteiger charge is -2.30. The molecule has 21 heavy (non-hydrogen) atoms. The minimum absolute atomic E-state index is 0.00695. The highest BCUT2D eigenvalue weighted by atomic mass is 79.9. The number of carbonyl (C=O) groups is 2. The molecule has 6 nitrogen and oxygen atoms in total. The highest BCUT2D eigenvalue weighted by molar-refractivity contribution is 9.10. The molecular weight excluding hydrogens is 340 g/mol. The maximum absolute atomic E-state index is 12.1. The van der Waals surface area contributed by atoms with E-state index in [-0.39, 0.29) is 12.4 Å². The summed E-state index contributed by atoms with van der Waals surface area (Å²) in [7, 11) is 0. The summed E-state index contributed by atoms with van der Waals surface area (Å²) in [5, 5.41) is 12.6. The molecule has 2 amide bonds. The summed E-state index contributed by atoms with van der Waals surface area (Å²) >= 11 is 3.31. The molecule has 0 aromatic heterocycles. The molecule has 2 rings (SSSR count). The van der Waals surface area contributed by atoms with Crippen molar-refractivity contribution in [3.8, 4) is 5.75 Å². The molecule has 112 valence electrons. The Morgan fingerprint density at radius 2 is 2.24 bits per heavy atom. The average Bonchev–Trinajstić information content (AvgIpc) is 2.40. The molecule has 2 atom stereocenters. The van der Waals surface area contributed by atoms with Crippen LogP contribution < -0.4 is 5.32 Å². The number of ether oxygens (including phenoxy) is 1. The lowest BCUT2D eigenvalue weighted by atomic mass is 9.88. The number of nitrogens with one attached hydrogen (secondary N) is 1. The summed E-state index contributed by atoms with van der Waals surface area (Å²) < 4.78 is 5.77. The molecule has 2 N–H and O–H groups in total. The zero-order chi connectivity index (χ0) is 15.6. The van der Waals surface area contributed by atoms with E-state index in [2.05, 4.69) is 26.2 Å². The molecule has 0 aliphatic carbocycles. The van der Waals surface area contributed by atoms with Crippen molar-refractivity contribution in [1.29, 1.82) is 0 Å². The topological polar surface area (TPSA) is 88.0 Å². The van der Waals surface area contributed by atoms with Gasteiger partial charge in [-0.25, -0.2) is 9.79 Å². The SMILES string of the molecule is CCOC(=O)C1C(C)=NC(=O)NC1c1cc(Br)ccc1O. The number of amides is 2. The lowest BCUT2D eigenvalue weighted by molar-refractivity contribution is -0.146. The monoisotopic (exact) mass is 354 g/mol. The molecule has 0 saturated heterocycles. The highest BCUT2D eigenvalue weighted by Crippen LogP contribution is 2.34. The molecule has 0 bridgehead atoms. The van der Waals surface area contributed by atoms with Gasteiger partial charge in [-0.2, -0.15) is 0 Å². The molecule has 1 aromatic rings. The van der Waals surface area contributed by atoms with Crippen LogP contribution in [0.5, 0.6) is 5.75 Å². The van der Waals surface area contributed by atoms with E-state index in [9.17, 15) is 14.7 Å². The molecule has 2 unspecified atom stereocenters. The number of carbonyl (C=O) groups excluding carboxylic acids is 2. The summed E-state index contributed by atoms with van der Waals surface area (Å²) in [6.07, 6.45) is 0. The zero-order valence-electron chi connectivity index (χ0n) is 11.6. The van der Waals surface area contributed by atoms with Gasteiger partial charge in [-0.3, -0.25) is 4.79 Å². The quantitative estimate of drug-likeness (QED) is 0.816. The number of hydrogen-bond donors (Lipinski definition) is 2. The van der Waals surface area contributed by atoms with Gasteiger partial charge >= 0.3 is 12.0 Å². The fraction of sp³-hybridized carbons (Fsp3) is 0.357. The van der Waals surface area contributed by atoms with Crippen molar-refractivity contribution >= 4 is 33.6 Å². The van der Waals surface area contributed by atoms with Gasteiger partial charge in [-0.15, -0.1) is 0 Å². The van der Waals surface area contributed by atoms with E-state index in [4.69, 9.17) is 4.74 Å². The van der Waals surface area contributed by atoms with Gasteiger partial charge in [0.1, 0.15) is 11.7 Å². The third kappa shape index (κ3) is 3.24. The average molecular weight is 355 g/mol. The molecule has 1 aliphatic heterocycles. The van der Waals surface area contributed by atoms with E-state index >= 15 is 0 Å². The number of aromatic hydroxyl groups is 1. The number of aliphatic imine (C=N–C) groups is 1. The maximum Gasteiger partial charge on any atom is 0.341 e. The Morgan fingerprint density at radius 1 is 1.52 bits per heavy atom. The normalized spacial score (nSPS) is 21.5. The summed E-state index contributed by atoms with van der Waals surface area (Å²) in [6, 6.07) is 3.56. The number of benzene rings is 1. The van der Waals surface area contributed by atoms with Crippen LogP contribution in [0.1, 0.15) is 25.5 Å². The molecule has 0 spiro atoms. The number of nitrogens with zero attached hydrogens (tertiary/aromatic N) is 1. The Labute approximate surface area is 130 Å². The number of rotatable bonds is 3. The molecule has 0 saturated carbocycles. The van der Waals surface area contributed by atoms with Crippen molar-refractivity contribution in [1.82, 2.24) is 5.32 Å². The van der Waals surface area contributed by atoms with Crippen molar-refractivity contribution in [3.05, 3.63) is 28.2 Å². The van der Waals surface area contributed by atoms with Gasteiger partial charge in [-0.05, 0) is 32.0 Å². The van der Waals surface area contributed by atoms with Crippen molar-refractivity contribution in [2.75, 3.05) is 6.61 Å². The first kappa shape index (κ1) is 15.5. The van der Waals surface area contributed by atoms with E-state index in [0.29, 0.717) is 11.3 Å². The van der Waals surface area contributed by atoms with Gasteiger partial charge in [0.2, 0.25) is 0 Å². The molecule has 1 aliphatic rings. The number of hydrogen-bond acceptors (Lipinski definition) is 4. The number of esters is 1. The van der Waals surface area contributed by atoms with E-state index < -0.39 is 24.0 Å². The van der Waals surface area contributed by atoms with Crippen molar-refractivity contribution < 1.29 is 19.4 Å². The van der Waals surface area contributed by atoms with E-state index in [1.807, 2.05) is 0 Å². The van der Waals surface area contributed by atoms with Crippen molar-refractivity contribution in [3.63, 3.8) is 0 Å². The Hall–Kier alpha value is -1.89. The Balaban J connectivity index is 2.47. The first-order chi connectivity index (χ1) is 9.93. The molecule has 7 heteroatoms. The molecule has 1 heterocycles. The van der Waals surface area contributed by atoms with Crippen LogP contribution in [0.2, 0.25) is 0 Å². The van der Waals surface area contributed by atoms with Crippen molar-refractivity contribution in [2.24, 2.45) is 10.9 Å². The van der Waals surface area contributed by atoms with Gasteiger partial charge in [0.05, 0.1) is 12.6 Å². The second kappa shape index (κ2) is 6.26. The van der Waals surface area contributed by atoms with Crippen LogP contribution >= 0.6 is 15.9 Å². The van der Waals surface area contributed by atoms with Crippen LogP contribution in [0, 0.1) is 5.92 Å². The second-order valence-electron chi connectivity index (χ2n) is 4.61. The second-order valence-corrected chi connectivity index (χ2v) is 5.53. The van der Waals surface area contributed by atoms with Crippen LogP contribution in [-0.2, 0) is 9.53 Å². The molecular formula is C14H15BrN2O4. The van der Waals surface area contributed by atoms with Crippen LogP contribution in [0.25, 0.3) is 0 Å². The standard InChI is InChI=1S/C14H15BrN2O4/c1-3-21-13(19)11-7(2)16-14(20)17-12(11)9-6-8(15)4-5-10(9)18/h4-6,11-12,18H,3H2,1-2H3,(H,17,20). The minimum Gasteiger partial charge on any atom is -0.508 e. The first-order valence-electron chi connectivity index (χ1n) is 6.44. The zero-order valence-corrected chi connectivity index (χ0v) is 13.2. The van der Waals surface area contributed by atoms with Crippen molar-refractivity contribution in [2.45, 2.75) is 19.9 Å². The molecule has 0 radical (unpaired) electrons. The maximum atomic E-state index is 12.1. The smallest absolute Gasteiger partial charge is 0.341 e. The summed E-state index contributed by atoms with van der Waals surface area (Å²) in [6.45, 7) is 3.54. The predicted octanol–water partition coefficient (Wildman–Crippen LogP) is 2.56. The van der Waals surface area contributed by atoms with Gasteiger partial charge in [0.15, 0.2) is 0 Å². The third-order valence-corrected chi connectivity index (χ3v) is 3.70. The summed E-state index contributed by atoms with van der Waals surface area (Å²) in [5.41, 5.74) is 0.798. The van der Waals surface area contributed by atoms with Gasteiger partial charge in [-0.1, -0.05) is 15.9 Å². The number of phenols is 1. The van der Waals surface area contributed by atoms with Crippen LogP contribution in [0.3, 0.4) is 0 Å². The Morgan fingerprint density at radius 3 is 2.90 bits per heavy atom. The van der Waals surface area contributed by atoms with E-state index in [1.54, 1.807) is 26.0 Å². The Bertz CT molecular complexity index is 615.